The third-order valence-electron chi connectivity index (χ3n) is 4.18. The largest absolute Gasteiger partial charge is 0.380 e. The number of methoxy groups -OCH3 is 1. The molecular weight excluding hydrogens is 353 g/mol. The number of likely N-dealkylation sites (N-methyl/N-ethyl adjacent to an activating group) is 1. The summed E-state index contributed by atoms with van der Waals surface area (Å²) < 4.78 is 5.13. The monoisotopic (exact) mass is 375 g/mol. The van der Waals surface area contributed by atoms with Gasteiger partial charge in [0.1, 0.15) is 6.04 Å². The number of para-hydroxylation sites is 1. The van der Waals surface area contributed by atoms with Gasteiger partial charge in [-0.2, -0.15) is 0 Å². The molecule has 0 aliphatic carbocycles. The van der Waals surface area contributed by atoms with Gasteiger partial charge in [-0.25, -0.2) is 0 Å². The van der Waals surface area contributed by atoms with Crippen LogP contribution >= 0.6 is 24.0 Å². The molecule has 6 nitrogen and oxygen atoms in total. The van der Waals surface area contributed by atoms with Gasteiger partial charge in [-0.1, -0.05) is 23.7 Å². The molecule has 2 amide bonds. The minimum Gasteiger partial charge on any atom is -0.380 e. The fourth-order valence-corrected chi connectivity index (χ4v) is 2.95. The Morgan fingerprint density at radius 1 is 1.50 bits per heavy atom. The molecule has 8 heteroatoms. The molecule has 1 heterocycles. The number of hydrogen-bond acceptors (Lipinski definition) is 4. The topological polar surface area (TPSA) is 75.9 Å². The van der Waals surface area contributed by atoms with E-state index in [-0.39, 0.29) is 43.3 Å². The third-order valence-corrected chi connectivity index (χ3v) is 4.50. The van der Waals surface area contributed by atoms with E-state index in [0.717, 1.165) is 0 Å². The molecule has 1 aromatic carbocycles. The van der Waals surface area contributed by atoms with Gasteiger partial charge >= 0.3 is 0 Å². The van der Waals surface area contributed by atoms with Crippen molar-refractivity contribution in [3.63, 3.8) is 0 Å². The summed E-state index contributed by atoms with van der Waals surface area (Å²) in [6.45, 7) is 0.801. The maximum Gasteiger partial charge on any atom is 0.249 e. The van der Waals surface area contributed by atoms with Gasteiger partial charge in [0, 0.05) is 27.2 Å². The number of benzene rings is 1. The van der Waals surface area contributed by atoms with E-state index in [1.165, 1.54) is 12.0 Å². The van der Waals surface area contributed by atoms with E-state index in [1.807, 2.05) is 12.1 Å². The van der Waals surface area contributed by atoms with Crippen molar-refractivity contribution in [1.82, 2.24) is 4.90 Å². The Hall–Kier alpha value is -1.34. The lowest BCUT2D eigenvalue weighted by Crippen LogP contribution is -2.44. The normalized spacial score (nSPS) is 18.2. The van der Waals surface area contributed by atoms with Gasteiger partial charge in [0.05, 0.1) is 23.2 Å². The van der Waals surface area contributed by atoms with Gasteiger partial charge < -0.3 is 20.3 Å². The Bertz CT molecular complexity index is 581. The van der Waals surface area contributed by atoms with Gasteiger partial charge in [-0.15, -0.1) is 12.4 Å². The predicted octanol–water partition coefficient (Wildman–Crippen LogP) is 1.69. The molecule has 0 saturated carbocycles. The Morgan fingerprint density at radius 3 is 2.75 bits per heavy atom. The second kappa shape index (κ2) is 9.22. The highest BCUT2D eigenvalue weighted by molar-refractivity contribution is 6.34. The van der Waals surface area contributed by atoms with Crippen molar-refractivity contribution in [2.45, 2.75) is 25.0 Å². The molecule has 1 aliphatic rings. The molecule has 2 N–H and O–H groups in total. The van der Waals surface area contributed by atoms with Crippen molar-refractivity contribution in [2.24, 2.45) is 5.73 Å². The van der Waals surface area contributed by atoms with E-state index < -0.39 is 6.04 Å². The fraction of sp³-hybridized carbons (Fsp3) is 0.500. The van der Waals surface area contributed by atoms with Crippen LogP contribution in [-0.4, -0.2) is 56.1 Å². The Balaban J connectivity index is 0.00000288. The summed E-state index contributed by atoms with van der Waals surface area (Å²) in [5.74, 6) is -0.266. The lowest BCUT2D eigenvalue weighted by Gasteiger charge is -2.25. The summed E-state index contributed by atoms with van der Waals surface area (Å²) in [6, 6.07) is 6.73. The molecule has 2 rings (SSSR count). The van der Waals surface area contributed by atoms with E-state index >= 15 is 0 Å². The number of hydrogen-bond donors (Lipinski definition) is 1. The SMILES string of the molecule is COC(CN)CC(=O)N(C)C1CCN(c2ccccc2Cl)C1=O.Cl. The quantitative estimate of drug-likeness (QED) is 0.820. The highest BCUT2D eigenvalue weighted by atomic mass is 35.5. The first-order valence-corrected chi connectivity index (χ1v) is 7.91. The van der Waals surface area contributed by atoms with Crippen LogP contribution in [0.25, 0.3) is 0 Å². The minimum absolute atomic E-state index is 0. The maximum atomic E-state index is 12.6. The first-order valence-electron chi connectivity index (χ1n) is 7.54. The first kappa shape index (κ1) is 20.7. The maximum absolute atomic E-state index is 12.6. The van der Waals surface area contributed by atoms with Crippen molar-refractivity contribution in [3.05, 3.63) is 29.3 Å². The van der Waals surface area contributed by atoms with E-state index in [9.17, 15) is 9.59 Å². The van der Waals surface area contributed by atoms with Crippen molar-refractivity contribution < 1.29 is 14.3 Å². The first-order chi connectivity index (χ1) is 11.0. The van der Waals surface area contributed by atoms with Crippen LogP contribution in [0.2, 0.25) is 5.02 Å². The van der Waals surface area contributed by atoms with Crippen LogP contribution in [0.3, 0.4) is 0 Å². The summed E-state index contributed by atoms with van der Waals surface area (Å²) in [5, 5.41) is 0.526. The van der Waals surface area contributed by atoms with E-state index in [0.29, 0.717) is 23.7 Å². The molecular formula is C16H23Cl2N3O3. The van der Waals surface area contributed by atoms with Crippen molar-refractivity contribution in [1.29, 1.82) is 0 Å². The summed E-state index contributed by atoms with van der Waals surface area (Å²) in [4.78, 5) is 28.1. The summed E-state index contributed by atoms with van der Waals surface area (Å²) >= 11 is 6.16. The summed E-state index contributed by atoms with van der Waals surface area (Å²) in [6.07, 6.45) is 0.410. The molecule has 1 saturated heterocycles. The zero-order chi connectivity index (χ0) is 17.0. The molecule has 0 aromatic heterocycles. The second-order valence-corrected chi connectivity index (χ2v) is 5.96. The number of carbonyl (C=O) groups is 2. The number of ether oxygens (including phenoxy) is 1. The number of rotatable bonds is 6. The number of amides is 2. The molecule has 1 fully saturated rings. The Morgan fingerprint density at radius 2 is 2.17 bits per heavy atom. The number of nitrogens with two attached hydrogens (primary N) is 1. The highest BCUT2D eigenvalue weighted by Gasteiger charge is 2.38. The van der Waals surface area contributed by atoms with Crippen molar-refractivity contribution >= 4 is 41.5 Å². The Labute approximate surface area is 153 Å². The molecule has 1 aromatic rings. The van der Waals surface area contributed by atoms with Gasteiger partial charge in [0.25, 0.3) is 0 Å². The highest BCUT2D eigenvalue weighted by Crippen LogP contribution is 2.30. The number of carbonyl (C=O) groups excluding carboxylic acids is 2. The minimum atomic E-state index is -0.478. The average Bonchev–Trinajstić information content (AvgIpc) is 2.93. The predicted molar refractivity (Wildman–Crippen MR) is 96.7 cm³/mol. The molecule has 0 bridgehead atoms. The fourth-order valence-electron chi connectivity index (χ4n) is 2.71. The number of nitrogens with zero attached hydrogens (tertiary/aromatic N) is 2. The molecule has 1 aliphatic heterocycles. The molecule has 24 heavy (non-hydrogen) atoms. The number of halogens is 2. The van der Waals surface area contributed by atoms with Gasteiger partial charge in [-0.05, 0) is 18.6 Å². The molecule has 0 radical (unpaired) electrons. The van der Waals surface area contributed by atoms with E-state index in [1.54, 1.807) is 24.1 Å². The smallest absolute Gasteiger partial charge is 0.249 e. The van der Waals surface area contributed by atoms with Gasteiger partial charge in [-0.3, -0.25) is 9.59 Å². The van der Waals surface area contributed by atoms with E-state index in [2.05, 4.69) is 0 Å². The Kier molecular flexibility index (Phi) is 7.96. The van der Waals surface area contributed by atoms with Gasteiger partial charge in [0.2, 0.25) is 11.8 Å². The van der Waals surface area contributed by atoms with Crippen LogP contribution in [0.1, 0.15) is 12.8 Å². The second-order valence-electron chi connectivity index (χ2n) is 5.55. The van der Waals surface area contributed by atoms with E-state index in [4.69, 9.17) is 22.1 Å². The summed E-state index contributed by atoms with van der Waals surface area (Å²) in [5.41, 5.74) is 6.22. The molecule has 0 spiro atoms. The third kappa shape index (κ3) is 4.39. The van der Waals surface area contributed by atoms with Crippen LogP contribution in [-0.2, 0) is 14.3 Å². The van der Waals surface area contributed by atoms with Crippen LogP contribution in [0.4, 0.5) is 5.69 Å². The molecule has 2 unspecified atom stereocenters. The van der Waals surface area contributed by atoms with Crippen LogP contribution in [0.5, 0.6) is 0 Å². The van der Waals surface area contributed by atoms with Crippen LogP contribution in [0.15, 0.2) is 24.3 Å². The number of anilines is 1. The van der Waals surface area contributed by atoms with Crippen molar-refractivity contribution in [2.75, 3.05) is 32.1 Å². The standard InChI is InChI=1S/C16H22ClN3O3.ClH/c1-19(15(21)9-11(10-18)23-2)14-7-8-20(16(14)22)13-6-4-3-5-12(13)17;/h3-6,11,14H,7-10,18H2,1-2H3;1H. The summed E-state index contributed by atoms with van der Waals surface area (Å²) in [7, 11) is 3.16. The van der Waals surface area contributed by atoms with Crippen LogP contribution < -0.4 is 10.6 Å². The molecule has 2 atom stereocenters. The van der Waals surface area contributed by atoms with Crippen LogP contribution in [0, 0.1) is 0 Å². The molecule has 134 valence electrons. The average molecular weight is 376 g/mol. The zero-order valence-electron chi connectivity index (χ0n) is 13.8. The zero-order valence-corrected chi connectivity index (χ0v) is 15.3. The lowest BCUT2D eigenvalue weighted by atomic mass is 10.1. The van der Waals surface area contributed by atoms with Gasteiger partial charge in [0.15, 0.2) is 0 Å². The lowest BCUT2D eigenvalue weighted by molar-refractivity contribution is -0.138. The van der Waals surface area contributed by atoms with Crippen molar-refractivity contribution in [3.8, 4) is 0 Å².